The van der Waals surface area contributed by atoms with Gasteiger partial charge in [-0.2, -0.15) is 0 Å². The van der Waals surface area contributed by atoms with E-state index < -0.39 is 0 Å². The zero-order valence-electron chi connectivity index (χ0n) is 28.0. The van der Waals surface area contributed by atoms with Gasteiger partial charge in [-0.3, -0.25) is 14.5 Å². The van der Waals surface area contributed by atoms with E-state index in [1.165, 1.54) is 31.2 Å². The van der Waals surface area contributed by atoms with Crippen LogP contribution in [-0.2, 0) is 20.7 Å². The molecule has 0 radical (unpaired) electrons. The van der Waals surface area contributed by atoms with E-state index in [-0.39, 0.29) is 17.6 Å². The quantitative estimate of drug-likeness (QED) is 0.339. The van der Waals surface area contributed by atoms with Gasteiger partial charge in [0.15, 0.2) is 0 Å². The van der Waals surface area contributed by atoms with Crippen molar-refractivity contribution in [3.8, 4) is 0 Å². The SMILES string of the molecule is CC1=C2C[C@H]3[C@@H](CC[C@@H]4CC(=O)CC[C@@]43C)[C@@H]2CC[C@@]2(C1)O[C@@H]1C[C@H](C)CN(CC(=O)N(C)CCc3ccccc3)[C@H]1[C@H]2C. The average Bonchev–Trinajstić information content (AvgIpc) is 3.46. The van der Waals surface area contributed by atoms with Crippen LogP contribution in [0.5, 0.6) is 0 Å². The number of likely N-dealkylation sites (N-methyl/N-ethyl adjacent to an activating group) is 1. The summed E-state index contributed by atoms with van der Waals surface area (Å²) in [4.78, 5) is 30.3. The van der Waals surface area contributed by atoms with Crippen molar-refractivity contribution in [1.29, 1.82) is 0 Å². The number of piperidine rings is 1. The van der Waals surface area contributed by atoms with Gasteiger partial charge < -0.3 is 9.64 Å². The van der Waals surface area contributed by atoms with Crippen molar-refractivity contribution >= 4 is 11.7 Å². The molecule has 5 fully saturated rings. The number of benzene rings is 1. The number of ether oxygens (including phenoxy) is 1. The van der Waals surface area contributed by atoms with Crippen LogP contribution in [0.2, 0.25) is 0 Å². The van der Waals surface area contributed by atoms with E-state index in [9.17, 15) is 9.59 Å². The minimum absolute atomic E-state index is 0.116. The summed E-state index contributed by atoms with van der Waals surface area (Å²) in [6.45, 7) is 12.0. The monoisotopic (exact) mass is 600 g/mol. The third-order valence-corrected chi connectivity index (χ3v) is 14.0. The summed E-state index contributed by atoms with van der Waals surface area (Å²) >= 11 is 0. The topological polar surface area (TPSA) is 49.9 Å². The Balaban J connectivity index is 1.06. The fraction of sp³-hybridized carbons (Fsp3) is 0.744. The van der Waals surface area contributed by atoms with Gasteiger partial charge in [-0.25, -0.2) is 0 Å². The van der Waals surface area contributed by atoms with E-state index >= 15 is 0 Å². The zero-order chi connectivity index (χ0) is 30.8. The van der Waals surface area contributed by atoms with E-state index in [0.717, 1.165) is 69.9 Å². The Labute approximate surface area is 266 Å². The maximum Gasteiger partial charge on any atom is 0.236 e. The van der Waals surface area contributed by atoms with Gasteiger partial charge in [0.05, 0.1) is 18.2 Å². The highest BCUT2D eigenvalue weighted by atomic mass is 16.5. The molecule has 240 valence electrons. The number of hydrogen-bond donors (Lipinski definition) is 0. The second kappa shape index (κ2) is 11.7. The fourth-order valence-electron chi connectivity index (χ4n) is 11.5. The second-order valence-electron chi connectivity index (χ2n) is 16.4. The Morgan fingerprint density at radius 2 is 1.89 bits per heavy atom. The summed E-state index contributed by atoms with van der Waals surface area (Å²) in [6, 6.07) is 10.8. The van der Waals surface area contributed by atoms with Gasteiger partial charge in [0.25, 0.3) is 0 Å². The van der Waals surface area contributed by atoms with Crippen molar-refractivity contribution in [1.82, 2.24) is 9.80 Å². The van der Waals surface area contributed by atoms with Crippen LogP contribution in [-0.4, -0.2) is 65.9 Å². The predicted molar refractivity (Wildman–Crippen MR) is 175 cm³/mol. The van der Waals surface area contributed by atoms with Crippen molar-refractivity contribution in [2.24, 2.45) is 40.9 Å². The average molecular weight is 601 g/mol. The summed E-state index contributed by atoms with van der Waals surface area (Å²) < 4.78 is 7.29. The fourth-order valence-corrected chi connectivity index (χ4v) is 11.5. The summed E-state index contributed by atoms with van der Waals surface area (Å²) in [7, 11) is 1.97. The van der Waals surface area contributed by atoms with E-state index in [0.29, 0.717) is 47.5 Å². The first kappa shape index (κ1) is 30.7. The lowest BCUT2D eigenvalue weighted by Gasteiger charge is -2.52. The molecular formula is C39H56N2O3. The summed E-state index contributed by atoms with van der Waals surface area (Å²) in [5.41, 5.74) is 4.88. The smallest absolute Gasteiger partial charge is 0.236 e. The third kappa shape index (κ3) is 5.22. The van der Waals surface area contributed by atoms with E-state index in [2.05, 4.69) is 56.9 Å². The number of ketones is 1. The van der Waals surface area contributed by atoms with Crippen LogP contribution in [0.1, 0.15) is 97.5 Å². The number of likely N-dealkylation sites (tertiary alicyclic amines) is 1. The summed E-state index contributed by atoms with van der Waals surface area (Å²) in [5, 5.41) is 0. The van der Waals surface area contributed by atoms with Crippen molar-refractivity contribution < 1.29 is 14.3 Å². The van der Waals surface area contributed by atoms with Crippen LogP contribution < -0.4 is 0 Å². The van der Waals surface area contributed by atoms with Crippen LogP contribution in [0.4, 0.5) is 0 Å². The Hall–Kier alpha value is -1.98. The normalized spacial score (nSPS) is 42.0. The Morgan fingerprint density at radius 3 is 2.68 bits per heavy atom. The minimum Gasteiger partial charge on any atom is -0.369 e. The van der Waals surface area contributed by atoms with Crippen LogP contribution in [0, 0.1) is 40.9 Å². The number of nitrogens with zero attached hydrogens (tertiary/aromatic N) is 2. The molecule has 7 rings (SSSR count). The van der Waals surface area contributed by atoms with Crippen molar-refractivity contribution in [2.75, 3.05) is 26.7 Å². The summed E-state index contributed by atoms with van der Waals surface area (Å²) in [6.07, 6.45) is 12.2. The predicted octanol–water partition coefficient (Wildman–Crippen LogP) is 7.09. The van der Waals surface area contributed by atoms with Gasteiger partial charge in [-0.15, -0.1) is 0 Å². The molecule has 0 bridgehead atoms. The number of rotatable bonds is 5. The molecule has 4 aliphatic carbocycles. The van der Waals surface area contributed by atoms with Crippen LogP contribution in [0.25, 0.3) is 0 Å². The van der Waals surface area contributed by atoms with E-state index in [4.69, 9.17) is 4.74 Å². The van der Waals surface area contributed by atoms with Gasteiger partial charge in [0, 0.05) is 44.9 Å². The summed E-state index contributed by atoms with van der Waals surface area (Å²) in [5.74, 6) is 4.52. The molecule has 0 aromatic heterocycles. The number of carbonyl (C=O) groups excluding carboxylic acids is 2. The Morgan fingerprint density at radius 1 is 1.09 bits per heavy atom. The molecule has 5 heteroatoms. The lowest BCUT2D eigenvalue weighted by Crippen LogP contribution is -2.54. The molecular weight excluding hydrogens is 544 g/mol. The van der Waals surface area contributed by atoms with Crippen molar-refractivity contribution in [3.63, 3.8) is 0 Å². The minimum atomic E-state index is -0.116. The highest BCUT2D eigenvalue weighted by molar-refractivity contribution is 5.79. The number of amides is 1. The first-order chi connectivity index (χ1) is 21.1. The van der Waals surface area contributed by atoms with E-state index in [1.54, 1.807) is 11.1 Å². The third-order valence-electron chi connectivity index (χ3n) is 14.0. The number of carbonyl (C=O) groups is 2. The lowest BCUT2D eigenvalue weighted by atomic mass is 9.52. The molecule has 1 amide bonds. The number of hydrogen-bond acceptors (Lipinski definition) is 4. The maximum atomic E-state index is 13.5. The molecule has 2 aliphatic heterocycles. The molecule has 2 heterocycles. The van der Waals surface area contributed by atoms with Gasteiger partial charge in [0.1, 0.15) is 5.78 Å². The molecule has 2 saturated heterocycles. The Bertz CT molecular complexity index is 1290. The number of allylic oxidation sites excluding steroid dienone is 1. The van der Waals surface area contributed by atoms with Crippen molar-refractivity contribution in [3.05, 3.63) is 47.0 Å². The molecule has 5 nitrogen and oxygen atoms in total. The first-order valence-electron chi connectivity index (χ1n) is 18.0. The van der Waals surface area contributed by atoms with Crippen LogP contribution >= 0.6 is 0 Å². The van der Waals surface area contributed by atoms with Crippen LogP contribution in [0.15, 0.2) is 41.5 Å². The molecule has 0 unspecified atom stereocenters. The highest BCUT2D eigenvalue weighted by Crippen LogP contribution is 2.65. The zero-order valence-corrected chi connectivity index (χ0v) is 28.0. The maximum absolute atomic E-state index is 13.5. The molecule has 6 aliphatic rings. The Kier molecular flexibility index (Phi) is 8.13. The van der Waals surface area contributed by atoms with Gasteiger partial charge in [-0.1, -0.05) is 62.2 Å². The first-order valence-corrected chi connectivity index (χ1v) is 18.0. The second-order valence-corrected chi connectivity index (χ2v) is 16.4. The van der Waals surface area contributed by atoms with Crippen molar-refractivity contribution in [2.45, 2.75) is 116 Å². The molecule has 0 N–H and O–H groups in total. The molecule has 1 aromatic rings. The lowest BCUT2D eigenvalue weighted by molar-refractivity contribution is -0.133. The molecule has 1 spiro atoms. The molecule has 10 atom stereocenters. The highest BCUT2D eigenvalue weighted by Gasteiger charge is 2.60. The largest absolute Gasteiger partial charge is 0.369 e. The molecule has 1 aromatic carbocycles. The number of Topliss-reactive ketones (excluding diaryl/α,β-unsaturated/α-hetero) is 1. The standard InChI is InChI=1S/C39H56N2O3/c1-25-19-35-37(41(23-25)24-36(43)40(5)18-15-28-9-7-6-8-10-28)27(3)39(44-35)17-14-31-32-12-11-29-20-30(42)13-16-38(29,4)34(32)21-33(31)26(2)22-39/h6-10,25,27,29,31-32,34-35,37H,11-24H2,1-5H3/t25-,27+,29+,31-,32-,34-,35+,37-,38-,39-/m0/s1. The van der Waals surface area contributed by atoms with Gasteiger partial charge in [-0.05, 0) is 105 Å². The van der Waals surface area contributed by atoms with Crippen LogP contribution in [0.3, 0.4) is 0 Å². The van der Waals surface area contributed by atoms with Gasteiger partial charge in [0.2, 0.25) is 5.91 Å². The van der Waals surface area contributed by atoms with Gasteiger partial charge >= 0.3 is 0 Å². The van der Waals surface area contributed by atoms with E-state index in [1.807, 2.05) is 18.0 Å². The molecule has 3 saturated carbocycles. The molecule has 44 heavy (non-hydrogen) atoms. The number of fused-ring (bicyclic) bond motifs is 6.